The van der Waals surface area contributed by atoms with Gasteiger partial charge in [-0.05, 0) is 55.4 Å². The Morgan fingerprint density at radius 3 is 2.54 bits per heavy atom. The number of fused-ring (bicyclic) bond motifs is 1. The molecule has 11 heteroatoms. The second-order valence-electron chi connectivity index (χ2n) is 10.9. The van der Waals surface area contributed by atoms with Gasteiger partial charge in [0.05, 0.1) is 11.9 Å². The summed E-state index contributed by atoms with van der Waals surface area (Å²) in [6, 6.07) is 13.5. The van der Waals surface area contributed by atoms with Crippen LogP contribution >= 0.6 is 0 Å². The molecule has 2 aliphatic rings. The lowest BCUT2D eigenvalue weighted by Gasteiger charge is -2.29. The maximum absolute atomic E-state index is 13.8. The lowest BCUT2D eigenvalue weighted by atomic mass is 10.1. The summed E-state index contributed by atoms with van der Waals surface area (Å²) in [5.74, 6) is -0.854. The molecule has 5 rings (SSSR count). The van der Waals surface area contributed by atoms with Gasteiger partial charge in [-0.2, -0.15) is 0 Å². The first-order valence-electron chi connectivity index (χ1n) is 14.4. The van der Waals surface area contributed by atoms with Gasteiger partial charge in [0, 0.05) is 39.6 Å². The molecule has 2 atom stereocenters. The van der Waals surface area contributed by atoms with Crippen molar-refractivity contribution in [2.75, 3.05) is 19.6 Å². The van der Waals surface area contributed by atoms with E-state index in [1.807, 2.05) is 60.5 Å². The number of amides is 4. The van der Waals surface area contributed by atoms with Crippen molar-refractivity contribution in [3.05, 3.63) is 59.7 Å². The van der Waals surface area contributed by atoms with Gasteiger partial charge in [0.25, 0.3) is 0 Å². The minimum absolute atomic E-state index is 0.00611. The minimum atomic E-state index is -0.884. The first kappa shape index (κ1) is 28.3. The number of benzene rings is 2. The molecule has 0 radical (unpaired) electrons. The number of nitrogens with zero attached hydrogens (tertiary/aromatic N) is 5. The highest BCUT2D eigenvalue weighted by molar-refractivity contribution is 5.93. The van der Waals surface area contributed by atoms with E-state index in [1.165, 1.54) is 0 Å². The Kier molecular flexibility index (Phi) is 8.91. The highest BCUT2D eigenvalue weighted by Gasteiger charge is 2.38. The van der Waals surface area contributed by atoms with Crippen molar-refractivity contribution in [3.63, 3.8) is 0 Å². The van der Waals surface area contributed by atoms with E-state index >= 15 is 0 Å². The van der Waals surface area contributed by atoms with Gasteiger partial charge in [-0.25, -0.2) is 4.68 Å². The molecule has 0 aliphatic carbocycles. The van der Waals surface area contributed by atoms with E-state index < -0.39 is 12.1 Å². The highest BCUT2D eigenvalue weighted by atomic mass is 16.2. The molecule has 4 amide bonds. The molecule has 11 nitrogen and oxygen atoms in total. The predicted molar refractivity (Wildman–Crippen MR) is 152 cm³/mol. The van der Waals surface area contributed by atoms with Crippen LogP contribution in [0.5, 0.6) is 0 Å². The quantitative estimate of drug-likeness (QED) is 0.389. The monoisotopic (exact) mass is 559 g/mol. The van der Waals surface area contributed by atoms with Gasteiger partial charge in [0.15, 0.2) is 0 Å². The molecule has 216 valence electrons. The summed E-state index contributed by atoms with van der Waals surface area (Å²) in [5.41, 5.74) is 3.36. The van der Waals surface area contributed by atoms with Crippen LogP contribution in [0.2, 0.25) is 0 Å². The van der Waals surface area contributed by atoms with E-state index in [9.17, 15) is 19.2 Å². The summed E-state index contributed by atoms with van der Waals surface area (Å²) < 4.78 is 1.69. The molecule has 0 unspecified atom stereocenters. The van der Waals surface area contributed by atoms with Crippen molar-refractivity contribution in [2.24, 2.45) is 7.05 Å². The lowest BCUT2D eigenvalue weighted by Crippen LogP contribution is -2.53. The first-order valence-corrected chi connectivity index (χ1v) is 14.4. The third-order valence-corrected chi connectivity index (χ3v) is 7.93. The zero-order valence-electron chi connectivity index (χ0n) is 23.4. The predicted octanol–water partition coefficient (Wildman–Crippen LogP) is 1.71. The van der Waals surface area contributed by atoms with Gasteiger partial charge < -0.3 is 20.4 Å². The fraction of sp³-hybridized carbons (Fsp3) is 0.467. The number of nitrogens with one attached hydrogen (secondary N) is 2. The SMILES string of the molecule is Cn1nnc2cc(CNC(=O)[C@@H]3CCCN3C(=O)[C@@H](CCC(=O)N3CCCC3)NC(=O)Cc3ccccc3)ccc21. The molecule has 3 aromatic rings. The zero-order chi connectivity index (χ0) is 28.8. The topological polar surface area (TPSA) is 130 Å². The maximum atomic E-state index is 13.8. The van der Waals surface area contributed by atoms with Gasteiger partial charge in [0.2, 0.25) is 23.6 Å². The largest absolute Gasteiger partial charge is 0.350 e. The zero-order valence-corrected chi connectivity index (χ0v) is 23.4. The summed E-state index contributed by atoms with van der Waals surface area (Å²) in [7, 11) is 1.82. The number of hydrogen-bond donors (Lipinski definition) is 2. The van der Waals surface area contributed by atoms with Crippen molar-refractivity contribution in [1.29, 1.82) is 0 Å². The molecule has 41 heavy (non-hydrogen) atoms. The Hall–Kier alpha value is -4.28. The summed E-state index contributed by atoms with van der Waals surface area (Å²) >= 11 is 0. The normalized spacial score (nSPS) is 17.5. The Morgan fingerprint density at radius 1 is 0.976 bits per heavy atom. The number of likely N-dealkylation sites (tertiary alicyclic amines) is 2. The first-order chi connectivity index (χ1) is 19.9. The lowest BCUT2D eigenvalue weighted by molar-refractivity contribution is -0.142. The number of carbonyl (C=O) groups is 4. The molecule has 2 fully saturated rings. The van der Waals surface area contributed by atoms with Crippen molar-refractivity contribution < 1.29 is 19.2 Å². The third kappa shape index (κ3) is 6.90. The molecule has 2 N–H and O–H groups in total. The minimum Gasteiger partial charge on any atom is -0.350 e. The Balaban J connectivity index is 1.23. The molecular weight excluding hydrogens is 522 g/mol. The molecule has 2 aromatic carbocycles. The van der Waals surface area contributed by atoms with Crippen molar-refractivity contribution >= 4 is 34.7 Å². The number of carbonyl (C=O) groups excluding carboxylic acids is 4. The number of aromatic nitrogens is 3. The van der Waals surface area contributed by atoms with Crippen molar-refractivity contribution in [3.8, 4) is 0 Å². The summed E-state index contributed by atoms with van der Waals surface area (Å²) in [6.07, 6.45) is 3.68. The van der Waals surface area contributed by atoms with Crippen LogP contribution in [-0.2, 0) is 39.2 Å². The van der Waals surface area contributed by atoms with Gasteiger partial charge in [-0.3, -0.25) is 19.2 Å². The van der Waals surface area contributed by atoms with Crippen molar-refractivity contribution in [1.82, 2.24) is 35.4 Å². The molecule has 1 aromatic heterocycles. The van der Waals surface area contributed by atoms with E-state index in [4.69, 9.17) is 0 Å². The van der Waals surface area contributed by atoms with Crippen LogP contribution in [0, 0.1) is 0 Å². The average molecular weight is 560 g/mol. The summed E-state index contributed by atoms with van der Waals surface area (Å²) in [6.45, 7) is 2.19. The number of rotatable bonds is 10. The van der Waals surface area contributed by atoms with E-state index in [1.54, 1.807) is 9.58 Å². The third-order valence-electron chi connectivity index (χ3n) is 7.93. The molecule has 0 spiro atoms. The van der Waals surface area contributed by atoms with E-state index in [2.05, 4.69) is 20.9 Å². The molecule has 2 saturated heterocycles. The highest BCUT2D eigenvalue weighted by Crippen LogP contribution is 2.21. The number of hydrogen-bond acceptors (Lipinski definition) is 6. The van der Waals surface area contributed by atoms with Crippen LogP contribution < -0.4 is 10.6 Å². The smallest absolute Gasteiger partial charge is 0.245 e. The van der Waals surface area contributed by atoms with Gasteiger partial charge in [-0.15, -0.1) is 5.10 Å². The molecule has 3 heterocycles. The molecule has 0 bridgehead atoms. The van der Waals surface area contributed by atoms with Gasteiger partial charge >= 0.3 is 0 Å². The van der Waals surface area contributed by atoms with E-state index in [-0.39, 0.29) is 42.9 Å². The molecule has 0 saturated carbocycles. The Labute approximate surface area is 239 Å². The van der Waals surface area contributed by atoms with E-state index in [0.29, 0.717) is 25.9 Å². The van der Waals surface area contributed by atoms with Gasteiger partial charge in [0.1, 0.15) is 17.6 Å². The van der Waals surface area contributed by atoms with Crippen LogP contribution in [0.4, 0.5) is 0 Å². The average Bonchev–Trinajstić information content (AvgIpc) is 3.76. The summed E-state index contributed by atoms with van der Waals surface area (Å²) in [5, 5.41) is 14.0. The number of aryl methyl sites for hydroxylation is 1. The molecular formula is C30H37N7O4. The van der Waals surface area contributed by atoms with Crippen molar-refractivity contribution in [2.45, 2.75) is 63.6 Å². The van der Waals surface area contributed by atoms with Crippen LogP contribution in [-0.4, -0.2) is 80.1 Å². The van der Waals surface area contributed by atoms with Crippen LogP contribution in [0.25, 0.3) is 11.0 Å². The van der Waals surface area contributed by atoms with Crippen LogP contribution in [0.15, 0.2) is 48.5 Å². The van der Waals surface area contributed by atoms with E-state index in [0.717, 1.165) is 48.1 Å². The second kappa shape index (κ2) is 12.9. The summed E-state index contributed by atoms with van der Waals surface area (Å²) in [4.78, 5) is 56.1. The Morgan fingerprint density at radius 2 is 1.76 bits per heavy atom. The standard InChI is InChI=1S/C30H37N7O4/c1-35-25-13-11-22(18-24(25)33-34-35)20-31-29(40)26-10-7-17-37(26)30(41)23(12-14-28(39)36-15-5-6-16-36)32-27(38)19-21-8-3-2-4-9-21/h2-4,8-9,11,13,18,23,26H,5-7,10,12,14-17,19-20H2,1H3,(H,31,40)(H,32,38)/t23-,26+/m1/s1. The van der Waals surface area contributed by atoms with Gasteiger partial charge in [-0.1, -0.05) is 41.6 Å². The fourth-order valence-corrected chi connectivity index (χ4v) is 5.68. The maximum Gasteiger partial charge on any atom is 0.245 e. The van der Waals surface area contributed by atoms with Crippen LogP contribution in [0.1, 0.15) is 49.7 Å². The van der Waals surface area contributed by atoms with Crippen LogP contribution in [0.3, 0.4) is 0 Å². The fourth-order valence-electron chi connectivity index (χ4n) is 5.68. The molecule has 2 aliphatic heterocycles. The Bertz CT molecular complexity index is 1400. The second-order valence-corrected chi connectivity index (χ2v) is 10.9.